The molecule has 0 aliphatic rings. The molecule has 2 rings (SSSR count). The summed E-state index contributed by atoms with van der Waals surface area (Å²) in [5.41, 5.74) is 7.98. The van der Waals surface area contributed by atoms with Crippen LogP contribution in [0.25, 0.3) is 0 Å². The lowest BCUT2D eigenvalue weighted by Gasteiger charge is -2.22. The number of nitrogens with two attached hydrogens (primary N) is 1. The standard InChI is InChI=1S/C16H20N4O/c1-10-5-6-13(11(9-10)16(2,3)4)21-15-19-8-7-12(20-15)14(17)18/h5-9H,1-4H3,(H3,17,18). The predicted octanol–water partition coefficient (Wildman–Crippen LogP) is 3.16. The molecule has 1 heterocycles. The van der Waals surface area contributed by atoms with Gasteiger partial charge in [0, 0.05) is 11.8 Å². The van der Waals surface area contributed by atoms with E-state index in [-0.39, 0.29) is 17.3 Å². The van der Waals surface area contributed by atoms with Gasteiger partial charge in [-0.2, -0.15) is 4.98 Å². The van der Waals surface area contributed by atoms with E-state index in [1.165, 1.54) is 11.8 Å². The average molecular weight is 284 g/mol. The first-order valence-corrected chi connectivity index (χ1v) is 6.74. The first-order valence-electron chi connectivity index (χ1n) is 6.74. The maximum Gasteiger partial charge on any atom is 0.322 e. The highest BCUT2D eigenvalue weighted by Gasteiger charge is 2.20. The molecule has 2 aromatic rings. The predicted molar refractivity (Wildman–Crippen MR) is 83.0 cm³/mol. The number of nitrogens with zero attached hydrogens (tertiary/aromatic N) is 2. The van der Waals surface area contributed by atoms with Crippen LogP contribution in [0, 0.1) is 12.3 Å². The Morgan fingerprint density at radius 1 is 1.24 bits per heavy atom. The molecule has 0 saturated heterocycles. The van der Waals surface area contributed by atoms with Crippen LogP contribution in [-0.4, -0.2) is 15.8 Å². The Labute approximate surface area is 124 Å². The Morgan fingerprint density at radius 2 is 1.95 bits per heavy atom. The maximum atomic E-state index is 7.41. The van der Waals surface area contributed by atoms with Crippen LogP contribution in [0.15, 0.2) is 30.5 Å². The number of nitrogens with one attached hydrogen (secondary N) is 1. The van der Waals surface area contributed by atoms with E-state index >= 15 is 0 Å². The van der Waals surface area contributed by atoms with Gasteiger partial charge in [0.1, 0.15) is 17.3 Å². The van der Waals surface area contributed by atoms with Crippen LogP contribution in [0.5, 0.6) is 11.8 Å². The lowest BCUT2D eigenvalue weighted by molar-refractivity contribution is 0.422. The fourth-order valence-corrected chi connectivity index (χ4v) is 1.96. The maximum absolute atomic E-state index is 7.41. The van der Waals surface area contributed by atoms with Crippen molar-refractivity contribution in [3.05, 3.63) is 47.3 Å². The molecule has 3 N–H and O–H groups in total. The number of amidine groups is 1. The molecule has 0 unspecified atom stereocenters. The summed E-state index contributed by atoms with van der Waals surface area (Å²) < 4.78 is 5.81. The van der Waals surface area contributed by atoms with Crippen LogP contribution in [-0.2, 0) is 5.41 Å². The molecule has 0 spiro atoms. The summed E-state index contributed by atoms with van der Waals surface area (Å²) in [4.78, 5) is 8.21. The molecule has 0 aliphatic carbocycles. The van der Waals surface area contributed by atoms with Crippen molar-refractivity contribution in [1.82, 2.24) is 9.97 Å². The van der Waals surface area contributed by atoms with Crippen LogP contribution in [0.3, 0.4) is 0 Å². The van der Waals surface area contributed by atoms with E-state index in [1.54, 1.807) is 6.07 Å². The summed E-state index contributed by atoms with van der Waals surface area (Å²) in [6.45, 7) is 8.43. The van der Waals surface area contributed by atoms with Gasteiger partial charge in [-0.25, -0.2) is 4.98 Å². The van der Waals surface area contributed by atoms with Gasteiger partial charge in [-0.3, -0.25) is 5.41 Å². The monoisotopic (exact) mass is 284 g/mol. The Morgan fingerprint density at radius 3 is 2.57 bits per heavy atom. The largest absolute Gasteiger partial charge is 0.424 e. The van der Waals surface area contributed by atoms with Crippen molar-refractivity contribution < 1.29 is 4.74 Å². The Hall–Kier alpha value is -2.43. The fourth-order valence-electron chi connectivity index (χ4n) is 1.96. The molecule has 5 nitrogen and oxygen atoms in total. The number of hydrogen-bond acceptors (Lipinski definition) is 4. The van der Waals surface area contributed by atoms with E-state index in [0.29, 0.717) is 11.4 Å². The lowest BCUT2D eigenvalue weighted by atomic mass is 9.85. The Bertz CT molecular complexity index is 674. The van der Waals surface area contributed by atoms with Gasteiger partial charge < -0.3 is 10.5 Å². The summed E-state index contributed by atoms with van der Waals surface area (Å²) in [6, 6.07) is 7.77. The van der Waals surface area contributed by atoms with E-state index < -0.39 is 0 Å². The third kappa shape index (κ3) is 3.56. The zero-order valence-electron chi connectivity index (χ0n) is 12.8. The van der Waals surface area contributed by atoms with E-state index in [1.807, 2.05) is 19.1 Å². The normalized spacial score (nSPS) is 11.2. The second-order valence-electron chi connectivity index (χ2n) is 5.99. The molecule has 0 amide bonds. The molecule has 5 heteroatoms. The van der Waals surface area contributed by atoms with Gasteiger partial charge >= 0.3 is 6.01 Å². The van der Waals surface area contributed by atoms with E-state index in [0.717, 1.165) is 5.56 Å². The van der Waals surface area contributed by atoms with Crippen molar-refractivity contribution in [2.24, 2.45) is 5.73 Å². The van der Waals surface area contributed by atoms with Crippen LogP contribution in [0.1, 0.15) is 37.6 Å². The quantitative estimate of drug-likeness (QED) is 0.669. The van der Waals surface area contributed by atoms with Gasteiger partial charge in [-0.15, -0.1) is 0 Å². The van der Waals surface area contributed by atoms with E-state index in [9.17, 15) is 0 Å². The number of hydrogen-bond donors (Lipinski definition) is 2. The molecular weight excluding hydrogens is 264 g/mol. The third-order valence-corrected chi connectivity index (χ3v) is 3.05. The molecule has 0 aliphatic heterocycles. The highest BCUT2D eigenvalue weighted by atomic mass is 16.5. The molecule has 0 saturated carbocycles. The molecule has 0 radical (unpaired) electrons. The average Bonchev–Trinajstić information content (AvgIpc) is 2.40. The summed E-state index contributed by atoms with van der Waals surface area (Å²) in [5, 5.41) is 7.41. The van der Waals surface area contributed by atoms with Gasteiger partial charge in [0.15, 0.2) is 0 Å². The second-order valence-corrected chi connectivity index (χ2v) is 5.99. The van der Waals surface area contributed by atoms with Crippen molar-refractivity contribution in [1.29, 1.82) is 5.41 Å². The van der Waals surface area contributed by atoms with E-state index in [2.05, 4.69) is 36.8 Å². The van der Waals surface area contributed by atoms with Crippen LogP contribution < -0.4 is 10.5 Å². The number of benzene rings is 1. The van der Waals surface area contributed by atoms with Gasteiger partial charge in [-0.05, 0) is 24.5 Å². The van der Waals surface area contributed by atoms with Gasteiger partial charge in [0.2, 0.25) is 0 Å². The Balaban J connectivity index is 2.40. The topological polar surface area (TPSA) is 84.9 Å². The van der Waals surface area contributed by atoms with Crippen LogP contribution in [0.4, 0.5) is 0 Å². The van der Waals surface area contributed by atoms with Crippen LogP contribution >= 0.6 is 0 Å². The van der Waals surface area contributed by atoms with Gasteiger partial charge in [0.05, 0.1) is 0 Å². The summed E-state index contributed by atoms with van der Waals surface area (Å²) in [5.74, 6) is 0.607. The SMILES string of the molecule is Cc1ccc(Oc2nccc(C(=N)N)n2)c(C(C)(C)C)c1. The van der Waals surface area contributed by atoms with Gasteiger partial charge in [0.25, 0.3) is 0 Å². The van der Waals surface area contributed by atoms with Crippen molar-refractivity contribution in [3.8, 4) is 11.8 Å². The first-order chi connectivity index (χ1) is 9.77. The molecule has 0 fully saturated rings. The summed E-state index contributed by atoms with van der Waals surface area (Å²) in [7, 11) is 0. The molecule has 1 aromatic carbocycles. The number of ether oxygens (including phenoxy) is 1. The van der Waals surface area contributed by atoms with Crippen molar-refractivity contribution in [2.75, 3.05) is 0 Å². The molecule has 110 valence electrons. The minimum atomic E-state index is -0.109. The van der Waals surface area contributed by atoms with Crippen molar-refractivity contribution >= 4 is 5.84 Å². The molecule has 0 bridgehead atoms. The van der Waals surface area contributed by atoms with E-state index in [4.69, 9.17) is 15.9 Å². The number of nitrogen functional groups attached to an aromatic ring is 1. The smallest absolute Gasteiger partial charge is 0.322 e. The summed E-state index contributed by atoms with van der Waals surface area (Å²) in [6.07, 6.45) is 1.53. The van der Waals surface area contributed by atoms with Crippen molar-refractivity contribution in [2.45, 2.75) is 33.1 Å². The molecule has 1 aromatic heterocycles. The zero-order valence-corrected chi connectivity index (χ0v) is 12.8. The summed E-state index contributed by atoms with van der Waals surface area (Å²) >= 11 is 0. The highest BCUT2D eigenvalue weighted by molar-refractivity contribution is 5.92. The number of aromatic nitrogens is 2. The Kier molecular flexibility index (Phi) is 3.93. The minimum Gasteiger partial charge on any atom is -0.424 e. The van der Waals surface area contributed by atoms with Gasteiger partial charge in [-0.1, -0.05) is 38.5 Å². The minimum absolute atomic E-state index is 0.0560. The first kappa shape index (κ1) is 15.0. The molecule has 0 atom stereocenters. The fraction of sp³-hybridized carbons (Fsp3) is 0.312. The lowest BCUT2D eigenvalue weighted by Crippen LogP contribution is -2.15. The van der Waals surface area contributed by atoms with Crippen molar-refractivity contribution in [3.63, 3.8) is 0 Å². The second kappa shape index (κ2) is 5.52. The number of aryl methyl sites for hydroxylation is 1. The highest BCUT2D eigenvalue weighted by Crippen LogP contribution is 2.33. The number of rotatable bonds is 3. The zero-order chi connectivity index (χ0) is 15.6. The third-order valence-electron chi connectivity index (χ3n) is 3.05. The molecule has 21 heavy (non-hydrogen) atoms. The van der Waals surface area contributed by atoms with Crippen LogP contribution in [0.2, 0.25) is 0 Å². The molecular formula is C16H20N4O.